The van der Waals surface area contributed by atoms with Crippen LogP contribution < -0.4 is 10.1 Å². The van der Waals surface area contributed by atoms with E-state index in [-0.39, 0.29) is 5.91 Å². The number of aryl methyl sites for hydroxylation is 1. The Labute approximate surface area is 145 Å². The minimum Gasteiger partial charge on any atom is -0.497 e. The summed E-state index contributed by atoms with van der Waals surface area (Å²) in [7, 11) is 1.63. The van der Waals surface area contributed by atoms with Crippen molar-refractivity contribution in [1.29, 1.82) is 0 Å². The topological polar surface area (TPSA) is 54.1 Å². The lowest BCUT2D eigenvalue weighted by Crippen LogP contribution is -2.26. The van der Waals surface area contributed by atoms with Crippen molar-refractivity contribution in [2.75, 3.05) is 13.7 Å². The highest BCUT2D eigenvalue weighted by atomic mass is 35.5. The number of nitrogens with one attached hydrogen (secondary N) is 2. The van der Waals surface area contributed by atoms with Gasteiger partial charge >= 0.3 is 0 Å². The highest BCUT2D eigenvalue weighted by molar-refractivity contribution is 6.30. The van der Waals surface area contributed by atoms with Crippen molar-refractivity contribution >= 4 is 28.4 Å². The summed E-state index contributed by atoms with van der Waals surface area (Å²) in [6, 6.07) is 13.4. The number of aromatic amines is 1. The molecular formula is C19H19ClN2O2. The van der Waals surface area contributed by atoms with Crippen LogP contribution in [0.4, 0.5) is 0 Å². The first-order chi connectivity index (χ1) is 11.6. The lowest BCUT2D eigenvalue weighted by Gasteiger charge is -2.05. The second kappa shape index (κ2) is 6.97. The number of rotatable bonds is 5. The maximum Gasteiger partial charge on any atom is 0.268 e. The minimum atomic E-state index is -0.100. The van der Waals surface area contributed by atoms with E-state index in [0.717, 1.165) is 34.2 Å². The van der Waals surface area contributed by atoms with E-state index in [1.54, 1.807) is 7.11 Å². The molecule has 124 valence electrons. The van der Waals surface area contributed by atoms with E-state index in [0.29, 0.717) is 17.3 Å². The quantitative estimate of drug-likeness (QED) is 0.733. The molecular weight excluding hydrogens is 324 g/mol. The monoisotopic (exact) mass is 342 g/mol. The molecule has 0 aliphatic rings. The predicted octanol–water partition coefficient (Wildman–Crippen LogP) is 4.11. The maximum absolute atomic E-state index is 12.4. The van der Waals surface area contributed by atoms with Gasteiger partial charge in [-0.25, -0.2) is 0 Å². The van der Waals surface area contributed by atoms with E-state index in [9.17, 15) is 4.79 Å². The number of carbonyl (C=O) groups is 1. The Bertz CT molecular complexity index is 869. The van der Waals surface area contributed by atoms with Gasteiger partial charge in [-0.3, -0.25) is 4.79 Å². The van der Waals surface area contributed by atoms with Gasteiger partial charge in [0.1, 0.15) is 11.4 Å². The maximum atomic E-state index is 12.4. The summed E-state index contributed by atoms with van der Waals surface area (Å²) in [6.07, 6.45) is 0.760. The molecule has 0 saturated heterocycles. The highest BCUT2D eigenvalue weighted by Gasteiger charge is 2.14. The van der Waals surface area contributed by atoms with Crippen LogP contribution >= 0.6 is 11.6 Å². The Morgan fingerprint density at radius 2 is 1.96 bits per heavy atom. The number of aromatic nitrogens is 1. The molecule has 0 atom stereocenters. The third-order valence-electron chi connectivity index (χ3n) is 4.10. The van der Waals surface area contributed by atoms with Crippen LogP contribution in [-0.4, -0.2) is 24.5 Å². The Morgan fingerprint density at radius 3 is 2.67 bits per heavy atom. The largest absolute Gasteiger partial charge is 0.497 e. The molecule has 3 aromatic rings. The SMILES string of the molecule is COc1ccc2c(C)c(C(=O)NCCc3ccc(Cl)cc3)[nH]c2c1. The summed E-state index contributed by atoms with van der Waals surface area (Å²) < 4.78 is 5.22. The van der Waals surface area contributed by atoms with E-state index >= 15 is 0 Å². The van der Waals surface area contributed by atoms with Crippen LogP contribution in [0.15, 0.2) is 42.5 Å². The number of H-pyrrole nitrogens is 1. The van der Waals surface area contributed by atoms with Gasteiger partial charge in [0.15, 0.2) is 0 Å². The van der Waals surface area contributed by atoms with Gasteiger partial charge in [0, 0.05) is 28.5 Å². The zero-order valence-electron chi connectivity index (χ0n) is 13.7. The summed E-state index contributed by atoms with van der Waals surface area (Å²) in [5, 5.41) is 4.70. The predicted molar refractivity (Wildman–Crippen MR) is 97.1 cm³/mol. The smallest absolute Gasteiger partial charge is 0.268 e. The lowest BCUT2D eigenvalue weighted by atomic mass is 10.1. The van der Waals surface area contributed by atoms with Crippen LogP contribution in [0, 0.1) is 6.92 Å². The molecule has 0 aliphatic carbocycles. The van der Waals surface area contributed by atoms with Gasteiger partial charge in [-0.05, 0) is 48.7 Å². The minimum absolute atomic E-state index is 0.100. The molecule has 2 N–H and O–H groups in total. The molecule has 1 aromatic heterocycles. The average molecular weight is 343 g/mol. The number of hydrogen-bond acceptors (Lipinski definition) is 2. The molecule has 4 nitrogen and oxygen atoms in total. The van der Waals surface area contributed by atoms with E-state index in [2.05, 4.69) is 10.3 Å². The molecule has 0 unspecified atom stereocenters. The molecule has 5 heteroatoms. The van der Waals surface area contributed by atoms with Gasteiger partial charge in [0.25, 0.3) is 5.91 Å². The fourth-order valence-corrected chi connectivity index (χ4v) is 2.86. The number of carbonyl (C=O) groups excluding carboxylic acids is 1. The molecule has 0 saturated carbocycles. The summed E-state index contributed by atoms with van der Waals surface area (Å²) in [6.45, 7) is 2.51. The van der Waals surface area contributed by atoms with Crippen LogP contribution in [0.25, 0.3) is 10.9 Å². The first kappa shape index (κ1) is 16.4. The third kappa shape index (κ3) is 3.39. The second-order valence-corrected chi connectivity index (χ2v) is 6.11. The summed E-state index contributed by atoms with van der Waals surface area (Å²) in [4.78, 5) is 15.6. The van der Waals surface area contributed by atoms with Gasteiger partial charge in [-0.2, -0.15) is 0 Å². The van der Waals surface area contributed by atoms with Gasteiger partial charge in [-0.15, -0.1) is 0 Å². The molecule has 1 heterocycles. The summed E-state index contributed by atoms with van der Waals surface area (Å²) in [5.41, 5.74) is 3.57. The first-order valence-electron chi connectivity index (χ1n) is 7.77. The molecule has 3 rings (SSSR count). The van der Waals surface area contributed by atoms with Gasteiger partial charge in [0.2, 0.25) is 0 Å². The van der Waals surface area contributed by atoms with Crippen LogP contribution in [0.1, 0.15) is 21.6 Å². The lowest BCUT2D eigenvalue weighted by molar-refractivity contribution is 0.0949. The zero-order valence-corrected chi connectivity index (χ0v) is 14.4. The number of halogens is 1. The van der Waals surface area contributed by atoms with E-state index in [4.69, 9.17) is 16.3 Å². The van der Waals surface area contributed by atoms with Crippen LogP contribution in [-0.2, 0) is 6.42 Å². The third-order valence-corrected chi connectivity index (χ3v) is 4.36. The zero-order chi connectivity index (χ0) is 17.1. The fourth-order valence-electron chi connectivity index (χ4n) is 2.73. The number of methoxy groups -OCH3 is 1. The summed E-state index contributed by atoms with van der Waals surface area (Å²) >= 11 is 5.87. The number of ether oxygens (including phenoxy) is 1. The Hall–Kier alpha value is -2.46. The van der Waals surface area contributed by atoms with E-state index in [1.165, 1.54) is 0 Å². The van der Waals surface area contributed by atoms with E-state index < -0.39 is 0 Å². The fraction of sp³-hybridized carbons (Fsp3) is 0.211. The van der Waals surface area contributed by atoms with Gasteiger partial charge < -0.3 is 15.0 Å². The van der Waals surface area contributed by atoms with Crippen molar-refractivity contribution < 1.29 is 9.53 Å². The molecule has 1 amide bonds. The van der Waals surface area contributed by atoms with Gasteiger partial charge in [-0.1, -0.05) is 23.7 Å². The standard InChI is InChI=1S/C19H19ClN2O2/c1-12-16-8-7-15(24-2)11-17(16)22-18(12)19(23)21-10-9-13-3-5-14(20)6-4-13/h3-8,11,22H,9-10H2,1-2H3,(H,21,23). The molecule has 0 bridgehead atoms. The normalized spacial score (nSPS) is 10.8. The van der Waals surface area contributed by atoms with Crippen molar-refractivity contribution in [3.05, 3.63) is 64.3 Å². The van der Waals surface area contributed by atoms with Crippen molar-refractivity contribution in [2.24, 2.45) is 0 Å². The van der Waals surface area contributed by atoms with Gasteiger partial charge in [0.05, 0.1) is 7.11 Å². The summed E-state index contributed by atoms with van der Waals surface area (Å²) in [5.74, 6) is 0.662. The van der Waals surface area contributed by atoms with Crippen LogP contribution in [0.2, 0.25) is 5.02 Å². The Morgan fingerprint density at radius 1 is 1.21 bits per heavy atom. The second-order valence-electron chi connectivity index (χ2n) is 5.67. The molecule has 0 fully saturated rings. The number of amides is 1. The number of hydrogen-bond donors (Lipinski definition) is 2. The van der Waals surface area contributed by atoms with Crippen molar-refractivity contribution in [3.63, 3.8) is 0 Å². The Kier molecular flexibility index (Phi) is 4.76. The molecule has 2 aromatic carbocycles. The Balaban J connectivity index is 1.69. The van der Waals surface area contributed by atoms with Crippen LogP contribution in [0.3, 0.4) is 0 Å². The molecule has 24 heavy (non-hydrogen) atoms. The molecule has 0 spiro atoms. The van der Waals surface area contributed by atoms with Crippen LogP contribution in [0.5, 0.6) is 5.75 Å². The average Bonchev–Trinajstić information content (AvgIpc) is 2.93. The number of benzene rings is 2. The van der Waals surface area contributed by atoms with E-state index in [1.807, 2.05) is 49.4 Å². The first-order valence-corrected chi connectivity index (χ1v) is 8.15. The number of fused-ring (bicyclic) bond motifs is 1. The molecule has 0 radical (unpaired) electrons. The van der Waals surface area contributed by atoms with Crippen molar-refractivity contribution in [3.8, 4) is 5.75 Å². The van der Waals surface area contributed by atoms with Crippen molar-refractivity contribution in [2.45, 2.75) is 13.3 Å². The molecule has 0 aliphatic heterocycles. The highest BCUT2D eigenvalue weighted by Crippen LogP contribution is 2.25. The van der Waals surface area contributed by atoms with Crippen molar-refractivity contribution in [1.82, 2.24) is 10.3 Å².